The Morgan fingerprint density at radius 2 is 1.85 bits per heavy atom. The molecular weight excluding hydrogens is 328 g/mol. The summed E-state index contributed by atoms with van der Waals surface area (Å²) in [6.45, 7) is 12.3. The highest BCUT2D eigenvalue weighted by Gasteiger charge is 2.30. The quantitative estimate of drug-likeness (QED) is 0.764. The summed E-state index contributed by atoms with van der Waals surface area (Å²) < 4.78 is 11.2. The van der Waals surface area contributed by atoms with Crippen LogP contribution in [0.15, 0.2) is 24.3 Å². The molecule has 0 saturated carbocycles. The summed E-state index contributed by atoms with van der Waals surface area (Å²) >= 11 is 0. The number of amides is 1. The lowest BCUT2D eigenvalue weighted by Crippen LogP contribution is -2.41. The zero-order chi connectivity index (χ0) is 19.2. The molecule has 1 amide bonds. The third-order valence-electron chi connectivity index (χ3n) is 5.34. The van der Waals surface area contributed by atoms with E-state index in [0.717, 1.165) is 42.9 Å². The second-order valence-electron chi connectivity index (χ2n) is 7.82. The van der Waals surface area contributed by atoms with E-state index in [4.69, 9.17) is 9.47 Å². The lowest BCUT2D eigenvalue weighted by molar-refractivity contribution is -0.136. The van der Waals surface area contributed by atoms with Crippen molar-refractivity contribution < 1.29 is 14.3 Å². The van der Waals surface area contributed by atoms with Gasteiger partial charge in [-0.1, -0.05) is 20.8 Å². The number of likely N-dealkylation sites (tertiary alicyclic amines) is 1. The molecule has 0 unspecified atom stereocenters. The van der Waals surface area contributed by atoms with Crippen molar-refractivity contribution in [2.75, 3.05) is 38.7 Å². The Morgan fingerprint density at radius 1 is 1.23 bits per heavy atom. The molecule has 0 bridgehead atoms. The van der Waals surface area contributed by atoms with E-state index in [9.17, 15) is 4.79 Å². The van der Waals surface area contributed by atoms with Gasteiger partial charge in [0.15, 0.2) is 0 Å². The second kappa shape index (κ2) is 9.38. The van der Waals surface area contributed by atoms with Crippen molar-refractivity contribution in [2.45, 2.75) is 46.1 Å². The molecule has 1 aromatic rings. The van der Waals surface area contributed by atoms with E-state index >= 15 is 0 Å². The minimum atomic E-state index is -0.808. The molecule has 0 radical (unpaired) electrons. The highest BCUT2D eigenvalue weighted by Crippen LogP contribution is 2.22. The maximum atomic E-state index is 12.3. The number of benzene rings is 1. The number of hydrogen-bond donors (Lipinski definition) is 1. The Bertz CT molecular complexity index is 559. The smallest absolute Gasteiger partial charge is 0.256 e. The normalized spacial score (nSPS) is 23.3. The van der Waals surface area contributed by atoms with Gasteiger partial charge in [0.05, 0.1) is 0 Å². The number of nitrogens with zero attached hydrogens (tertiary/aromatic N) is 1. The van der Waals surface area contributed by atoms with Crippen LogP contribution in [0.1, 0.15) is 40.5 Å². The van der Waals surface area contributed by atoms with Crippen molar-refractivity contribution in [3.05, 3.63) is 24.3 Å². The second-order valence-corrected chi connectivity index (χ2v) is 7.82. The Morgan fingerprint density at radius 3 is 2.38 bits per heavy atom. The molecule has 0 aromatic heterocycles. The van der Waals surface area contributed by atoms with Gasteiger partial charge in [0.1, 0.15) is 18.0 Å². The molecule has 1 aliphatic heterocycles. The van der Waals surface area contributed by atoms with Gasteiger partial charge in [-0.25, -0.2) is 0 Å². The van der Waals surface area contributed by atoms with Gasteiger partial charge in [0.25, 0.3) is 5.91 Å². The molecule has 1 heterocycles. The summed E-state index contributed by atoms with van der Waals surface area (Å²) in [7, 11) is 1.56. The molecule has 1 aromatic carbocycles. The Balaban J connectivity index is 1.79. The predicted octanol–water partition coefficient (Wildman–Crippen LogP) is 3.80. The lowest BCUT2D eigenvalue weighted by atomic mass is 9.92. The maximum Gasteiger partial charge on any atom is 0.256 e. The molecule has 1 saturated heterocycles. The Labute approximate surface area is 158 Å². The Hall–Kier alpha value is -1.59. The minimum absolute atomic E-state index is 0.135. The van der Waals surface area contributed by atoms with Crippen LogP contribution in [0.2, 0.25) is 0 Å². The number of methoxy groups -OCH3 is 1. The number of nitrogens with one attached hydrogen (secondary N) is 1. The van der Waals surface area contributed by atoms with Crippen LogP contribution in [0.4, 0.5) is 5.69 Å². The number of rotatable bonds is 8. The molecule has 1 fully saturated rings. The van der Waals surface area contributed by atoms with Gasteiger partial charge in [-0.05, 0) is 55.9 Å². The summed E-state index contributed by atoms with van der Waals surface area (Å²) in [5.74, 6) is 2.22. The van der Waals surface area contributed by atoms with E-state index in [1.54, 1.807) is 14.0 Å². The van der Waals surface area contributed by atoms with E-state index < -0.39 is 5.60 Å². The monoisotopic (exact) mass is 362 g/mol. The van der Waals surface area contributed by atoms with Gasteiger partial charge >= 0.3 is 0 Å². The molecule has 3 atom stereocenters. The first kappa shape index (κ1) is 20.7. The van der Waals surface area contributed by atoms with Gasteiger partial charge in [0.2, 0.25) is 0 Å². The van der Waals surface area contributed by atoms with Crippen LogP contribution in [0.3, 0.4) is 0 Å². The summed E-state index contributed by atoms with van der Waals surface area (Å²) in [6.07, 6.45) is 1.94. The van der Waals surface area contributed by atoms with E-state index in [1.165, 1.54) is 6.42 Å². The van der Waals surface area contributed by atoms with E-state index in [2.05, 4.69) is 24.1 Å². The predicted molar refractivity (Wildman–Crippen MR) is 106 cm³/mol. The molecule has 5 heteroatoms. The summed E-state index contributed by atoms with van der Waals surface area (Å²) in [5, 5.41) is 2.90. The average Bonchev–Trinajstić information content (AvgIpc) is 2.61. The van der Waals surface area contributed by atoms with Crippen LogP contribution in [0, 0.1) is 11.8 Å². The standard InChI is InChI=1S/C21H34N2O3/c1-6-21(4,25-5)20(24)22-18-7-9-19(10-8-18)26-12-11-23-14-16(2)13-17(3)15-23/h7-10,16-17H,6,11-15H2,1-5H3,(H,22,24)/t16-,17-,21-/m1/s1. The fourth-order valence-electron chi connectivity index (χ4n) is 3.56. The molecule has 2 rings (SSSR count). The van der Waals surface area contributed by atoms with Crippen LogP contribution in [-0.2, 0) is 9.53 Å². The third-order valence-corrected chi connectivity index (χ3v) is 5.34. The molecule has 1 N–H and O–H groups in total. The van der Waals surface area contributed by atoms with Gasteiger partial charge in [-0.2, -0.15) is 0 Å². The number of carbonyl (C=O) groups excluding carboxylic acids is 1. The number of hydrogen-bond acceptors (Lipinski definition) is 4. The number of anilines is 1. The number of piperidine rings is 1. The van der Waals surface area contributed by atoms with Crippen LogP contribution in [0.25, 0.3) is 0 Å². The molecule has 1 aliphatic rings. The SMILES string of the molecule is CC[C@@](C)(OC)C(=O)Nc1ccc(OCCN2C[C@H](C)C[C@@H](C)C2)cc1. The van der Waals surface area contributed by atoms with Crippen molar-refractivity contribution in [1.29, 1.82) is 0 Å². The van der Waals surface area contributed by atoms with Gasteiger partial charge in [-0.15, -0.1) is 0 Å². The Kier molecular flexibility index (Phi) is 7.47. The molecule has 0 spiro atoms. The number of ether oxygens (including phenoxy) is 2. The first-order chi connectivity index (χ1) is 12.4. The molecular formula is C21H34N2O3. The van der Waals surface area contributed by atoms with E-state index in [-0.39, 0.29) is 5.91 Å². The highest BCUT2D eigenvalue weighted by molar-refractivity contribution is 5.97. The van der Waals surface area contributed by atoms with Crippen LogP contribution < -0.4 is 10.1 Å². The van der Waals surface area contributed by atoms with Crippen molar-refractivity contribution in [1.82, 2.24) is 4.90 Å². The van der Waals surface area contributed by atoms with Crippen LogP contribution in [-0.4, -0.2) is 49.8 Å². The van der Waals surface area contributed by atoms with Gasteiger partial charge in [-0.3, -0.25) is 9.69 Å². The average molecular weight is 363 g/mol. The van der Waals surface area contributed by atoms with Gasteiger partial charge < -0.3 is 14.8 Å². The first-order valence-corrected chi connectivity index (χ1v) is 9.68. The molecule has 5 nitrogen and oxygen atoms in total. The first-order valence-electron chi connectivity index (χ1n) is 9.68. The molecule has 146 valence electrons. The number of carbonyl (C=O) groups is 1. The fourth-order valence-corrected chi connectivity index (χ4v) is 3.56. The topological polar surface area (TPSA) is 50.8 Å². The van der Waals surface area contributed by atoms with Crippen LogP contribution in [0.5, 0.6) is 5.75 Å². The van der Waals surface area contributed by atoms with E-state index in [1.807, 2.05) is 31.2 Å². The molecule has 26 heavy (non-hydrogen) atoms. The van der Waals surface area contributed by atoms with E-state index in [0.29, 0.717) is 13.0 Å². The largest absolute Gasteiger partial charge is 0.492 e. The third kappa shape index (κ3) is 5.71. The van der Waals surface area contributed by atoms with Crippen molar-refractivity contribution in [2.24, 2.45) is 11.8 Å². The summed E-state index contributed by atoms with van der Waals surface area (Å²) in [6, 6.07) is 7.52. The minimum Gasteiger partial charge on any atom is -0.492 e. The van der Waals surface area contributed by atoms with Gasteiger partial charge in [0, 0.05) is 32.4 Å². The van der Waals surface area contributed by atoms with Crippen molar-refractivity contribution >= 4 is 11.6 Å². The fraction of sp³-hybridized carbons (Fsp3) is 0.667. The van der Waals surface area contributed by atoms with Crippen molar-refractivity contribution in [3.63, 3.8) is 0 Å². The summed E-state index contributed by atoms with van der Waals surface area (Å²) in [4.78, 5) is 14.8. The van der Waals surface area contributed by atoms with Crippen LogP contribution >= 0.6 is 0 Å². The zero-order valence-corrected chi connectivity index (χ0v) is 16.9. The maximum absolute atomic E-state index is 12.3. The van der Waals surface area contributed by atoms with Crippen molar-refractivity contribution in [3.8, 4) is 5.75 Å². The highest BCUT2D eigenvalue weighted by atomic mass is 16.5. The lowest BCUT2D eigenvalue weighted by Gasteiger charge is -2.34. The summed E-state index contributed by atoms with van der Waals surface area (Å²) in [5.41, 5.74) is -0.0597. The zero-order valence-electron chi connectivity index (χ0n) is 16.9. The molecule has 0 aliphatic carbocycles.